The minimum absolute atomic E-state index is 0.144. The van der Waals surface area contributed by atoms with Gasteiger partial charge in [0.15, 0.2) is 5.82 Å². The number of benzene rings is 2. The monoisotopic (exact) mass is 557 g/mol. The first-order valence-electron chi connectivity index (χ1n) is 14.3. The zero-order valence-electron chi connectivity index (χ0n) is 23.4. The molecule has 1 aliphatic carbocycles. The van der Waals surface area contributed by atoms with Gasteiger partial charge in [-0.1, -0.05) is 35.5 Å². The molecule has 0 amide bonds. The number of pyridine rings is 1. The van der Waals surface area contributed by atoms with Crippen LogP contribution in [0.25, 0.3) is 33.2 Å². The smallest absolute Gasteiger partial charge is 0.156 e. The van der Waals surface area contributed by atoms with Crippen molar-refractivity contribution in [2.45, 2.75) is 51.2 Å². The molecule has 1 saturated carbocycles. The SMILES string of the molecule is Cc1nnn(C)c1-c1cnc2c3cc(F)c(C(C)(O)C4CC4)c(F)c3n([C@H](c3ccccc3)C3CCOCC3)c2c1. The van der Waals surface area contributed by atoms with Crippen molar-refractivity contribution in [3.8, 4) is 11.3 Å². The molecule has 2 aliphatic rings. The topological polar surface area (TPSA) is 78.0 Å². The van der Waals surface area contributed by atoms with Crippen molar-refractivity contribution in [3.05, 3.63) is 77.1 Å². The third kappa shape index (κ3) is 4.16. The summed E-state index contributed by atoms with van der Waals surface area (Å²) >= 11 is 0. The molecule has 2 aromatic carbocycles. The highest BCUT2D eigenvalue weighted by Crippen LogP contribution is 2.49. The van der Waals surface area contributed by atoms with Crippen LogP contribution in [0.5, 0.6) is 0 Å². The molecular formula is C32H33F2N5O2. The van der Waals surface area contributed by atoms with Crippen molar-refractivity contribution < 1.29 is 18.6 Å². The van der Waals surface area contributed by atoms with Crippen LogP contribution in [0.4, 0.5) is 8.78 Å². The van der Waals surface area contributed by atoms with Crippen LogP contribution < -0.4 is 0 Å². The first kappa shape index (κ1) is 26.2. The summed E-state index contributed by atoms with van der Waals surface area (Å²) in [6, 6.07) is 13.2. The van der Waals surface area contributed by atoms with E-state index in [1.807, 2.05) is 42.8 Å². The van der Waals surface area contributed by atoms with E-state index in [0.717, 1.165) is 48.2 Å². The van der Waals surface area contributed by atoms with E-state index >= 15 is 8.78 Å². The zero-order chi connectivity index (χ0) is 28.5. The lowest BCUT2D eigenvalue weighted by Crippen LogP contribution is -2.29. The lowest BCUT2D eigenvalue weighted by molar-refractivity contribution is 0.0259. The minimum atomic E-state index is -1.61. The fourth-order valence-corrected chi connectivity index (χ4v) is 6.89. The molecule has 0 spiro atoms. The fourth-order valence-electron chi connectivity index (χ4n) is 6.89. The van der Waals surface area contributed by atoms with Crippen LogP contribution in [-0.4, -0.2) is 42.9 Å². The first-order chi connectivity index (χ1) is 19.8. The standard InChI is InChI=1S/C32H33F2N5O2/c1-18-29(38(3)37-36-18)21-15-25-28(35-17-21)23-16-24(33)26(32(2,40)22-9-10-22)27(34)31(23)39(25)30(19-7-5-4-6-8-19)20-11-13-41-14-12-20/h4-8,15-17,20,22,30,40H,9-14H2,1-3H3/t30-,32?/m1/s1. The molecular weight excluding hydrogens is 524 g/mol. The average molecular weight is 558 g/mol. The van der Waals surface area contributed by atoms with Gasteiger partial charge in [-0.15, -0.1) is 5.10 Å². The van der Waals surface area contributed by atoms with Gasteiger partial charge in [-0.05, 0) is 69.1 Å². The van der Waals surface area contributed by atoms with Crippen molar-refractivity contribution in [2.75, 3.05) is 13.2 Å². The maximum Gasteiger partial charge on any atom is 0.156 e. The van der Waals surface area contributed by atoms with Gasteiger partial charge < -0.3 is 14.4 Å². The summed E-state index contributed by atoms with van der Waals surface area (Å²) in [6.45, 7) is 4.66. The lowest BCUT2D eigenvalue weighted by Gasteiger charge is -2.33. The van der Waals surface area contributed by atoms with Crippen LogP contribution in [0.15, 0.2) is 48.7 Å². The maximum absolute atomic E-state index is 17.0. The second-order valence-corrected chi connectivity index (χ2v) is 11.8. The Kier molecular flexibility index (Phi) is 6.21. The third-order valence-corrected chi connectivity index (χ3v) is 9.09. The van der Waals surface area contributed by atoms with Gasteiger partial charge in [0.25, 0.3) is 0 Å². The molecule has 41 heavy (non-hydrogen) atoms. The Morgan fingerprint density at radius 2 is 1.80 bits per heavy atom. The van der Waals surface area contributed by atoms with Gasteiger partial charge in [-0.3, -0.25) is 4.98 Å². The molecule has 1 saturated heterocycles. The van der Waals surface area contributed by atoms with Crippen LogP contribution in [0, 0.1) is 30.4 Å². The molecule has 0 bridgehead atoms. The summed E-state index contributed by atoms with van der Waals surface area (Å²) in [4.78, 5) is 4.80. The molecule has 9 heteroatoms. The van der Waals surface area contributed by atoms with E-state index in [4.69, 9.17) is 9.72 Å². The summed E-state index contributed by atoms with van der Waals surface area (Å²) in [5.41, 5.74) is 2.98. The van der Waals surface area contributed by atoms with Gasteiger partial charge in [0.2, 0.25) is 0 Å². The van der Waals surface area contributed by atoms with Crippen LogP contribution in [-0.2, 0) is 17.4 Å². The predicted octanol–water partition coefficient (Wildman–Crippen LogP) is 6.21. The van der Waals surface area contributed by atoms with Crippen LogP contribution in [0.3, 0.4) is 0 Å². The molecule has 1 N–H and O–H groups in total. The molecule has 2 fully saturated rings. The van der Waals surface area contributed by atoms with Crippen molar-refractivity contribution in [2.24, 2.45) is 18.9 Å². The van der Waals surface area contributed by atoms with Crippen molar-refractivity contribution >= 4 is 21.9 Å². The largest absolute Gasteiger partial charge is 0.385 e. The molecule has 7 rings (SSSR count). The number of hydrogen-bond acceptors (Lipinski definition) is 5. The Labute approximate surface area is 236 Å². The van der Waals surface area contributed by atoms with Gasteiger partial charge in [-0.25, -0.2) is 13.5 Å². The van der Waals surface area contributed by atoms with Gasteiger partial charge in [0, 0.05) is 37.4 Å². The number of fused-ring (bicyclic) bond motifs is 3. The second kappa shape index (κ2) is 9.70. The highest BCUT2D eigenvalue weighted by atomic mass is 19.1. The predicted molar refractivity (Wildman–Crippen MR) is 152 cm³/mol. The number of aryl methyl sites for hydroxylation is 2. The minimum Gasteiger partial charge on any atom is -0.385 e. The molecule has 3 aromatic heterocycles. The van der Waals surface area contributed by atoms with Gasteiger partial charge >= 0.3 is 0 Å². The summed E-state index contributed by atoms with van der Waals surface area (Å²) in [7, 11) is 1.82. The number of aliphatic hydroxyl groups is 1. The number of ether oxygens (including phenoxy) is 1. The van der Waals surface area contributed by atoms with Crippen molar-refractivity contribution in [1.82, 2.24) is 24.5 Å². The lowest BCUT2D eigenvalue weighted by atomic mass is 9.86. The Bertz CT molecular complexity index is 1750. The van der Waals surface area contributed by atoms with E-state index in [2.05, 4.69) is 22.4 Å². The van der Waals surface area contributed by atoms with E-state index in [1.54, 1.807) is 10.9 Å². The van der Waals surface area contributed by atoms with Crippen LogP contribution >= 0.6 is 0 Å². The average Bonchev–Trinajstić information content (AvgIpc) is 3.72. The normalized spacial score (nSPS) is 18.7. The molecule has 1 aliphatic heterocycles. The van der Waals surface area contributed by atoms with Gasteiger partial charge in [0.1, 0.15) is 5.82 Å². The number of hydrogen-bond donors (Lipinski definition) is 1. The summed E-state index contributed by atoms with van der Waals surface area (Å²) < 4.78 is 42.2. The Morgan fingerprint density at radius 3 is 2.46 bits per heavy atom. The van der Waals surface area contributed by atoms with Gasteiger partial charge in [0.05, 0.1) is 45.1 Å². The maximum atomic E-state index is 17.0. The highest BCUT2D eigenvalue weighted by molar-refractivity contribution is 6.07. The number of nitrogens with zero attached hydrogens (tertiary/aromatic N) is 5. The van der Waals surface area contributed by atoms with Crippen LogP contribution in [0.1, 0.15) is 55.5 Å². The van der Waals surface area contributed by atoms with E-state index in [9.17, 15) is 5.11 Å². The van der Waals surface area contributed by atoms with E-state index in [0.29, 0.717) is 29.6 Å². The molecule has 1 unspecified atom stereocenters. The van der Waals surface area contributed by atoms with E-state index in [1.165, 1.54) is 13.0 Å². The van der Waals surface area contributed by atoms with Crippen LogP contribution in [0.2, 0.25) is 0 Å². The van der Waals surface area contributed by atoms with E-state index < -0.39 is 17.2 Å². The number of halogens is 2. The highest BCUT2D eigenvalue weighted by Gasteiger charge is 2.45. The Hall–Kier alpha value is -3.69. The molecule has 2 atom stereocenters. The van der Waals surface area contributed by atoms with Crippen molar-refractivity contribution in [1.29, 1.82) is 0 Å². The number of rotatable bonds is 6. The molecule has 212 valence electrons. The fraction of sp³-hybridized carbons (Fsp3) is 0.406. The summed E-state index contributed by atoms with van der Waals surface area (Å²) in [5, 5.41) is 20.2. The number of aromatic nitrogens is 5. The molecule has 4 heterocycles. The summed E-state index contributed by atoms with van der Waals surface area (Å²) in [5.74, 6) is -1.49. The molecule has 7 nitrogen and oxygen atoms in total. The van der Waals surface area contributed by atoms with E-state index in [-0.39, 0.29) is 29.0 Å². The molecule has 5 aromatic rings. The first-order valence-corrected chi connectivity index (χ1v) is 14.3. The Balaban J connectivity index is 1.59. The third-order valence-electron chi connectivity index (χ3n) is 9.09. The second-order valence-electron chi connectivity index (χ2n) is 11.8. The Morgan fingerprint density at radius 1 is 1.07 bits per heavy atom. The molecule has 0 radical (unpaired) electrons. The van der Waals surface area contributed by atoms with Crippen molar-refractivity contribution in [3.63, 3.8) is 0 Å². The quantitative estimate of drug-likeness (QED) is 0.269. The zero-order valence-corrected chi connectivity index (χ0v) is 23.4. The van der Waals surface area contributed by atoms with Gasteiger partial charge in [-0.2, -0.15) is 0 Å². The summed E-state index contributed by atoms with van der Waals surface area (Å²) in [6.07, 6.45) is 4.80.